The Morgan fingerprint density at radius 2 is 1.88 bits per heavy atom. The second-order valence-electron chi connectivity index (χ2n) is 4.22. The van der Waals surface area contributed by atoms with Gasteiger partial charge in [-0.2, -0.15) is 0 Å². The largest absolute Gasteiger partial charge is 0.478 e. The number of fused-ring (bicyclic) bond motifs is 1. The Morgan fingerprint density at radius 3 is 2.41 bits per heavy atom. The van der Waals surface area contributed by atoms with Crippen molar-refractivity contribution in [1.29, 1.82) is 0 Å². The first-order valence-electron chi connectivity index (χ1n) is 5.25. The van der Waals surface area contributed by atoms with Crippen LogP contribution in [0.25, 0.3) is 10.9 Å². The Hall–Kier alpha value is -2.10. The smallest absolute Gasteiger partial charge is 0.337 e. The van der Waals surface area contributed by atoms with E-state index < -0.39 is 5.97 Å². The number of carbonyl (C=O) groups excluding carboxylic acids is 1. The van der Waals surface area contributed by atoms with Crippen LogP contribution in [0.3, 0.4) is 0 Å². The van der Waals surface area contributed by atoms with Gasteiger partial charge in [-0.3, -0.25) is 4.79 Å². The summed E-state index contributed by atoms with van der Waals surface area (Å²) in [6, 6.07) is 3.47. The molecule has 0 aliphatic heterocycles. The molecule has 0 radical (unpaired) electrons. The number of aromatic carboxylic acids is 1. The number of aryl methyl sites for hydroxylation is 2. The molecule has 1 N–H and O–H groups in total. The van der Waals surface area contributed by atoms with Crippen molar-refractivity contribution in [3.05, 3.63) is 35.0 Å². The molecule has 0 unspecified atom stereocenters. The summed E-state index contributed by atoms with van der Waals surface area (Å²) in [5, 5.41) is 9.89. The number of nitrogens with zero attached hydrogens (tertiary/aromatic N) is 1. The van der Waals surface area contributed by atoms with Crippen molar-refractivity contribution in [3.8, 4) is 0 Å². The number of ketones is 1. The zero-order valence-corrected chi connectivity index (χ0v) is 9.94. The van der Waals surface area contributed by atoms with Crippen LogP contribution in [0.1, 0.15) is 33.2 Å². The van der Waals surface area contributed by atoms with E-state index in [1.807, 2.05) is 13.0 Å². The fourth-order valence-corrected chi connectivity index (χ4v) is 2.14. The number of aromatic nitrogens is 1. The molecule has 0 aliphatic rings. The molecule has 2 aromatic rings. The lowest BCUT2D eigenvalue weighted by atomic mass is 10.0. The third-order valence-electron chi connectivity index (χ3n) is 2.83. The molecule has 88 valence electrons. The molecule has 4 heteroatoms. The lowest BCUT2D eigenvalue weighted by molar-refractivity contribution is 0.0698. The first-order valence-corrected chi connectivity index (χ1v) is 5.25. The first kappa shape index (κ1) is 11.4. The van der Waals surface area contributed by atoms with E-state index in [1.165, 1.54) is 6.92 Å². The maximum atomic E-state index is 11.5. The van der Waals surface area contributed by atoms with Crippen LogP contribution in [0.4, 0.5) is 0 Å². The summed E-state index contributed by atoms with van der Waals surface area (Å²) < 4.78 is 1.69. The normalized spacial score (nSPS) is 10.8. The Bertz CT molecular complexity index is 638. The summed E-state index contributed by atoms with van der Waals surface area (Å²) in [5.74, 6) is -1.03. The summed E-state index contributed by atoms with van der Waals surface area (Å²) in [6.45, 7) is 3.31. The minimum Gasteiger partial charge on any atom is -0.478 e. The highest BCUT2D eigenvalue weighted by Crippen LogP contribution is 2.26. The summed E-state index contributed by atoms with van der Waals surface area (Å²) in [7, 11) is 1.75. The highest BCUT2D eigenvalue weighted by atomic mass is 16.4. The Kier molecular flexibility index (Phi) is 2.50. The van der Waals surface area contributed by atoms with E-state index in [1.54, 1.807) is 23.9 Å². The van der Waals surface area contributed by atoms with E-state index >= 15 is 0 Å². The van der Waals surface area contributed by atoms with E-state index in [9.17, 15) is 14.7 Å². The molecule has 0 spiro atoms. The van der Waals surface area contributed by atoms with Crippen LogP contribution in [0.2, 0.25) is 0 Å². The minimum absolute atomic E-state index is 0.0578. The van der Waals surface area contributed by atoms with Crippen LogP contribution >= 0.6 is 0 Å². The van der Waals surface area contributed by atoms with Crippen LogP contribution in [-0.2, 0) is 7.05 Å². The van der Waals surface area contributed by atoms with Gasteiger partial charge in [-0.05, 0) is 31.5 Å². The Morgan fingerprint density at radius 1 is 1.24 bits per heavy atom. The van der Waals surface area contributed by atoms with Gasteiger partial charge >= 0.3 is 5.97 Å². The molecular formula is C13H13NO3. The number of carbonyl (C=O) groups is 2. The second-order valence-corrected chi connectivity index (χ2v) is 4.22. The minimum atomic E-state index is -0.977. The van der Waals surface area contributed by atoms with Crippen molar-refractivity contribution in [1.82, 2.24) is 4.57 Å². The van der Waals surface area contributed by atoms with Gasteiger partial charge in [-0.15, -0.1) is 0 Å². The summed E-state index contributed by atoms with van der Waals surface area (Å²) in [4.78, 5) is 22.7. The molecule has 0 aliphatic carbocycles. The van der Waals surface area contributed by atoms with E-state index in [2.05, 4.69) is 0 Å². The fourth-order valence-electron chi connectivity index (χ4n) is 2.14. The van der Waals surface area contributed by atoms with Gasteiger partial charge in [-0.25, -0.2) is 4.79 Å². The average molecular weight is 231 g/mol. The molecule has 2 rings (SSSR count). The van der Waals surface area contributed by atoms with Crippen molar-refractivity contribution in [2.75, 3.05) is 0 Å². The van der Waals surface area contributed by atoms with Crippen molar-refractivity contribution in [3.63, 3.8) is 0 Å². The Labute approximate surface area is 98.5 Å². The lowest BCUT2D eigenvalue weighted by Crippen LogP contribution is -2.01. The Balaban J connectivity index is 2.95. The second kappa shape index (κ2) is 3.73. The molecular weight excluding hydrogens is 218 g/mol. The molecule has 1 aromatic heterocycles. The zero-order chi connectivity index (χ0) is 12.7. The molecule has 0 fully saturated rings. The van der Waals surface area contributed by atoms with Gasteiger partial charge in [0.2, 0.25) is 0 Å². The first-order chi connectivity index (χ1) is 7.91. The van der Waals surface area contributed by atoms with Crippen molar-refractivity contribution in [2.24, 2.45) is 7.05 Å². The van der Waals surface area contributed by atoms with Crippen LogP contribution < -0.4 is 0 Å². The molecule has 0 bridgehead atoms. The highest BCUT2D eigenvalue weighted by Gasteiger charge is 2.17. The van der Waals surface area contributed by atoms with Gasteiger partial charge in [0, 0.05) is 24.2 Å². The van der Waals surface area contributed by atoms with Gasteiger partial charge in [-0.1, -0.05) is 0 Å². The number of carboxylic acids is 1. The third kappa shape index (κ3) is 1.71. The maximum absolute atomic E-state index is 11.5. The van der Waals surface area contributed by atoms with Crippen LogP contribution in [0.5, 0.6) is 0 Å². The molecule has 1 aromatic carbocycles. The topological polar surface area (TPSA) is 59.3 Å². The fraction of sp³-hybridized carbons (Fsp3) is 0.231. The number of rotatable bonds is 2. The predicted molar refractivity (Wildman–Crippen MR) is 64.6 cm³/mol. The quantitative estimate of drug-likeness (QED) is 0.807. The highest BCUT2D eigenvalue weighted by molar-refractivity contribution is 6.12. The van der Waals surface area contributed by atoms with Gasteiger partial charge in [0.1, 0.15) is 0 Å². The van der Waals surface area contributed by atoms with E-state index in [4.69, 9.17) is 0 Å². The third-order valence-corrected chi connectivity index (χ3v) is 2.83. The van der Waals surface area contributed by atoms with Gasteiger partial charge < -0.3 is 9.67 Å². The number of carboxylic acid groups (broad SMARTS) is 1. The maximum Gasteiger partial charge on any atom is 0.337 e. The average Bonchev–Trinajstić information content (AvgIpc) is 2.54. The number of hydrogen-bond donors (Lipinski definition) is 1. The number of hydrogen-bond acceptors (Lipinski definition) is 2. The molecule has 0 saturated carbocycles. The van der Waals surface area contributed by atoms with E-state index in [-0.39, 0.29) is 11.3 Å². The molecule has 17 heavy (non-hydrogen) atoms. The van der Waals surface area contributed by atoms with Crippen molar-refractivity contribution < 1.29 is 14.7 Å². The number of benzene rings is 1. The van der Waals surface area contributed by atoms with Crippen LogP contribution in [0.15, 0.2) is 18.3 Å². The van der Waals surface area contributed by atoms with Crippen LogP contribution in [0, 0.1) is 6.92 Å². The summed E-state index contributed by atoms with van der Waals surface area (Å²) >= 11 is 0. The van der Waals surface area contributed by atoms with Crippen LogP contribution in [-0.4, -0.2) is 21.4 Å². The molecule has 0 atom stereocenters. The van der Waals surface area contributed by atoms with Crippen molar-refractivity contribution in [2.45, 2.75) is 13.8 Å². The molecule has 1 heterocycles. The van der Waals surface area contributed by atoms with Gasteiger partial charge in [0.15, 0.2) is 5.78 Å². The van der Waals surface area contributed by atoms with Gasteiger partial charge in [0.05, 0.1) is 11.1 Å². The summed E-state index contributed by atoms with van der Waals surface area (Å²) in [6.07, 6.45) is 1.68. The monoisotopic (exact) mass is 231 g/mol. The summed E-state index contributed by atoms with van der Waals surface area (Å²) in [5.41, 5.74) is 2.22. The van der Waals surface area contributed by atoms with Crippen molar-refractivity contribution >= 4 is 22.7 Å². The molecule has 4 nitrogen and oxygen atoms in total. The van der Waals surface area contributed by atoms with E-state index in [0.29, 0.717) is 16.5 Å². The zero-order valence-electron chi connectivity index (χ0n) is 9.94. The van der Waals surface area contributed by atoms with Gasteiger partial charge in [0.25, 0.3) is 0 Å². The molecule has 0 amide bonds. The predicted octanol–water partition coefficient (Wildman–Crippen LogP) is 2.39. The SMILES string of the molecule is CC(=O)c1cn(C)c2c(C(=O)O)cc(C)cc12. The lowest BCUT2D eigenvalue weighted by Gasteiger charge is -2.03. The standard InChI is InChI=1S/C13H13NO3/c1-7-4-9-11(8(2)15)6-14(3)12(9)10(5-7)13(16)17/h4-6H,1-3H3,(H,16,17). The number of Topliss-reactive ketones (excluding diaryl/α,β-unsaturated/α-hetero) is 1. The molecule has 0 saturated heterocycles. The van der Waals surface area contributed by atoms with E-state index in [0.717, 1.165) is 5.56 Å².